The normalized spacial score (nSPS) is 18.5. The van der Waals surface area contributed by atoms with Crippen LogP contribution in [-0.4, -0.2) is 42.3 Å². The molecule has 0 radical (unpaired) electrons. The molecule has 4 rings (SSSR count). The molecule has 1 aromatic heterocycles. The number of carbonyl (C=O) groups excluding carboxylic acids is 1. The minimum atomic E-state index is -3.54. The summed E-state index contributed by atoms with van der Waals surface area (Å²) in [5.74, 6) is -0.336. The highest BCUT2D eigenvalue weighted by molar-refractivity contribution is 7.90. The fourth-order valence-electron chi connectivity index (χ4n) is 2.64. The Morgan fingerprint density at radius 3 is 3.04 bits per heavy atom. The molecule has 0 fully saturated rings. The lowest BCUT2D eigenvalue weighted by molar-refractivity contribution is -0.112. The molecule has 0 aliphatic carbocycles. The second kappa shape index (κ2) is 5.78. The van der Waals surface area contributed by atoms with Crippen LogP contribution in [0.25, 0.3) is 10.2 Å². The highest BCUT2D eigenvalue weighted by Crippen LogP contribution is 2.27. The van der Waals surface area contributed by atoms with Gasteiger partial charge in [-0.3, -0.25) is 10.1 Å². The summed E-state index contributed by atoms with van der Waals surface area (Å²) >= 11 is 1.37. The number of amidine groups is 1. The summed E-state index contributed by atoms with van der Waals surface area (Å²) in [6, 6.07) is 5.87. The standard InChI is InChI=1S/C16H14N4O3S2/c1-10-4-5-12-13(9-10)24-16(17-12)18-15(21)11-3-2-6-20-7-8-25(22,23)19-14(11)20/h2-6,9H,7-8H2,1H3,(H,17,18,21). The summed E-state index contributed by atoms with van der Waals surface area (Å²) in [6.07, 6.45) is 4.97. The number of aryl methyl sites for hydroxylation is 1. The monoisotopic (exact) mass is 374 g/mol. The predicted octanol–water partition coefficient (Wildman–Crippen LogP) is 2.04. The van der Waals surface area contributed by atoms with Crippen molar-refractivity contribution in [1.29, 1.82) is 0 Å². The van der Waals surface area contributed by atoms with E-state index in [2.05, 4.69) is 14.7 Å². The predicted molar refractivity (Wildman–Crippen MR) is 98.1 cm³/mol. The Balaban J connectivity index is 1.64. The first-order valence-electron chi connectivity index (χ1n) is 7.58. The van der Waals surface area contributed by atoms with Gasteiger partial charge in [0.2, 0.25) is 0 Å². The zero-order valence-corrected chi connectivity index (χ0v) is 14.9. The number of hydrogen-bond donors (Lipinski definition) is 1. The van der Waals surface area contributed by atoms with Crippen LogP contribution in [0.2, 0.25) is 0 Å². The third-order valence-electron chi connectivity index (χ3n) is 3.87. The maximum absolute atomic E-state index is 12.6. The third kappa shape index (κ3) is 3.08. The molecule has 1 amide bonds. The Kier molecular flexibility index (Phi) is 3.69. The lowest BCUT2D eigenvalue weighted by atomic mass is 10.1. The number of benzene rings is 1. The Morgan fingerprint density at radius 2 is 2.20 bits per heavy atom. The van der Waals surface area contributed by atoms with E-state index in [1.165, 1.54) is 11.3 Å². The summed E-state index contributed by atoms with van der Waals surface area (Å²) in [5.41, 5.74) is 2.13. The number of nitrogens with zero attached hydrogens (tertiary/aromatic N) is 3. The van der Waals surface area contributed by atoms with Gasteiger partial charge in [0.25, 0.3) is 15.9 Å². The van der Waals surface area contributed by atoms with Gasteiger partial charge in [0.15, 0.2) is 11.0 Å². The molecule has 1 aromatic carbocycles. The van der Waals surface area contributed by atoms with Crippen molar-refractivity contribution in [1.82, 2.24) is 9.88 Å². The summed E-state index contributed by atoms with van der Waals surface area (Å²) in [7, 11) is -3.54. The number of rotatable bonds is 2. The molecule has 0 saturated heterocycles. The number of anilines is 1. The Labute approximate surface area is 148 Å². The van der Waals surface area contributed by atoms with Crippen LogP contribution in [0.3, 0.4) is 0 Å². The van der Waals surface area contributed by atoms with Crippen LogP contribution >= 0.6 is 11.3 Å². The molecule has 0 spiro atoms. The number of thiazole rings is 1. The Bertz CT molecular complexity index is 1080. The SMILES string of the molecule is Cc1ccc2nc(NC(=O)C3=CC=CN4CCS(=O)(=O)N=C34)sc2c1. The number of aromatic nitrogens is 1. The number of nitrogens with one attached hydrogen (secondary N) is 1. The van der Waals surface area contributed by atoms with E-state index in [0.717, 1.165) is 15.8 Å². The topological polar surface area (TPSA) is 91.7 Å². The molecule has 2 aliphatic rings. The highest BCUT2D eigenvalue weighted by Gasteiger charge is 2.30. The fourth-order valence-corrected chi connectivity index (χ4v) is 4.59. The molecule has 0 bridgehead atoms. The number of allylic oxidation sites excluding steroid dienone is 2. The van der Waals surface area contributed by atoms with Gasteiger partial charge in [0, 0.05) is 12.7 Å². The van der Waals surface area contributed by atoms with Crippen LogP contribution in [-0.2, 0) is 14.8 Å². The summed E-state index contributed by atoms with van der Waals surface area (Å²) < 4.78 is 28.3. The van der Waals surface area contributed by atoms with Gasteiger partial charge >= 0.3 is 0 Å². The van der Waals surface area contributed by atoms with E-state index in [4.69, 9.17) is 0 Å². The molecule has 2 aliphatic heterocycles. The maximum atomic E-state index is 12.6. The number of carbonyl (C=O) groups is 1. The average Bonchev–Trinajstić information content (AvgIpc) is 2.94. The van der Waals surface area contributed by atoms with Gasteiger partial charge in [-0.2, -0.15) is 0 Å². The molecule has 25 heavy (non-hydrogen) atoms. The van der Waals surface area contributed by atoms with Crippen molar-refractivity contribution in [2.45, 2.75) is 6.92 Å². The fraction of sp³-hybridized carbons (Fsp3) is 0.188. The summed E-state index contributed by atoms with van der Waals surface area (Å²) in [4.78, 5) is 18.7. The van der Waals surface area contributed by atoms with Crippen LogP contribution in [0.5, 0.6) is 0 Å². The summed E-state index contributed by atoms with van der Waals surface area (Å²) in [6.45, 7) is 2.27. The van der Waals surface area contributed by atoms with Gasteiger partial charge in [0.1, 0.15) is 0 Å². The van der Waals surface area contributed by atoms with Gasteiger partial charge in [-0.25, -0.2) is 13.4 Å². The van der Waals surface area contributed by atoms with E-state index >= 15 is 0 Å². The van der Waals surface area contributed by atoms with Gasteiger partial charge < -0.3 is 4.90 Å². The first kappa shape index (κ1) is 16.0. The van der Waals surface area contributed by atoms with Crippen molar-refractivity contribution in [3.63, 3.8) is 0 Å². The van der Waals surface area contributed by atoms with Crippen molar-refractivity contribution in [2.24, 2.45) is 4.40 Å². The van der Waals surface area contributed by atoms with E-state index in [1.807, 2.05) is 25.1 Å². The second-order valence-corrected chi connectivity index (χ2v) is 8.55. The number of sulfonamides is 1. The largest absolute Gasteiger partial charge is 0.331 e. The zero-order valence-electron chi connectivity index (χ0n) is 13.3. The Morgan fingerprint density at radius 1 is 1.36 bits per heavy atom. The minimum Gasteiger partial charge on any atom is -0.331 e. The van der Waals surface area contributed by atoms with Gasteiger partial charge in [0.05, 0.1) is 21.5 Å². The molecule has 7 nitrogen and oxygen atoms in total. The van der Waals surface area contributed by atoms with E-state index in [0.29, 0.717) is 5.13 Å². The first-order valence-corrected chi connectivity index (χ1v) is 10.0. The highest BCUT2D eigenvalue weighted by atomic mass is 32.2. The second-order valence-electron chi connectivity index (χ2n) is 5.76. The summed E-state index contributed by atoms with van der Waals surface area (Å²) in [5, 5.41) is 3.21. The number of fused-ring (bicyclic) bond motifs is 2. The van der Waals surface area contributed by atoms with Crippen molar-refractivity contribution in [3.05, 3.63) is 47.7 Å². The number of amides is 1. The Hall–Kier alpha value is -2.52. The molecule has 0 saturated carbocycles. The van der Waals surface area contributed by atoms with Gasteiger partial charge in [-0.1, -0.05) is 17.4 Å². The van der Waals surface area contributed by atoms with Crippen molar-refractivity contribution >= 4 is 48.5 Å². The minimum absolute atomic E-state index is 0.0625. The zero-order chi connectivity index (χ0) is 17.6. The van der Waals surface area contributed by atoms with Crippen molar-refractivity contribution < 1.29 is 13.2 Å². The molecule has 1 N–H and O–H groups in total. The molecular weight excluding hydrogens is 360 g/mol. The van der Waals surface area contributed by atoms with Crippen LogP contribution < -0.4 is 5.32 Å². The molecule has 2 aromatic rings. The van der Waals surface area contributed by atoms with E-state index in [9.17, 15) is 13.2 Å². The maximum Gasteiger partial charge on any atom is 0.261 e. The number of hydrogen-bond acceptors (Lipinski definition) is 6. The molecule has 3 heterocycles. The first-order chi connectivity index (χ1) is 11.9. The van der Waals surface area contributed by atoms with E-state index < -0.39 is 15.9 Å². The molecule has 9 heteroatoms. The molecular formula is C16H14N4O3S2. The quantitative estimate of drug-likeness (QED) is 0.868. The third-order valence-corrected chi connectivity index (χ3v) is 5.95. The molecule has 128 valence electrons. The van der Waals surface area contributed by atoms with Crippen LogP contribution in [0, 0.1) is 6.92 Å². The van der Waals surface area contributed by atoms with E-state index in [-0.39, 0.29) is 23.7 Å². The molecule has 0 unspecified atom stereocenters. The average molecular weight is 374 g/mol. The van der Waals surface area contributed by atoms with Crippen molar-refractivity contribution in [3.8, 4) is 0 Å². The van der Waals surface area contributed by atoms with Gasteiger partial charge in [-0.15, -0.1) is 4.40 Å². The van der Waals surface area contributed by atoms with Crippen LogP contribution in [0.1, 0.15) is 5.56 Å². The molecule has 0 atom stereocenters. The lowest BCUT2D eigenvalue weighted by Crippen LogP contribution is -2.40. The smallest absolute Gasteiger partial charge is 0.261 e. The van der Waals surface area contributed by atoms with Crippen LogP contribution in [0.15, 0.2) is 46.5 Å². The van der Waals surface area contributed by atoms with Crippen LogP contribution in [0.4, 0.5) is 5.13 Å². The van der Waals surface area contributed by atoms with Crippen molar-refractivity contribution in [2.75, 3.05) is 17.6 Å². The van der Waals surface area contributed by atoms with Gasteiger partial charge in [-0.05, 0) is 36.8 Å². The van der Waals surface area contributed by atoms with E-state index in [1.54, 1.807) is 23.3 Å². The lowest BCUT2D eigenvalue weighted by Gasteiger charge is -2.28.